The first kappa shape index (κ1) is 16.3. The van der Waals surface area contributed by atoms with Crippen LogP contribution in [0, 0.1) is 17.8 Å². The molecule has 130 valence electrons. The molecule has 0 aliphatic heterocycles. The Morgan fingerprint density at radius 3 is 2.17 bits per heavy atom. The maximum Gasteiger partial charge on any atom is 0.233 e. The van der Waals surface area contributed by atoms with Crippen molar-refractivity contribution in [3.05, 3.63) is 24.3 Å². The van der Waals surface area contributed by atoms with Crippen LogP contribution >= 0.6 is 11.8 Å². The minimum atomic E-state index is -0.0635. The van der Waals surface area contributed by atoms with Gasteiger partial charge >= 0.3 is 0 Å². The lowest BCUT2D eigenvalue weighted by molar-refractivity contribution is -0.126. The monoisotopic (exact) mass is 345 g/mol. The van der Waals surface area contributed by atoms with Crippen LogP contribution in [-0.4, -0.2) is 23.8 Å². The summed E-state index contributed by atoms with van der Waals surface area (Å²) in [5.41, 5.74) is 0.112. The fourth-order valence-corrected chi connectivity index (χ4v) is 6.41. The van der Waals surface area contributed by atoms with Crippen molar-refractivity contribution in [1.82, 2.24) is 5.32 Å². The largest absolute Gasteiger partial charge is 0.497 e. The van der Waals surface area contributed by atoms with E-state index in [-0.39, 0.29) is 16.7 Å². The molecule has 4 bridgehead atoms. The number of carbonyl (C=O) groups is 1. The number of ether oxygens (including phenoxy) is 1. The zero-order valence-electron chi connectivity index (χ0n) is 14.6. The second-order valence-electron chi connectivity index (χ2n) is 8.12. The number of hydrogen-bond acceptors (Lipinski definition) is 3. The highest BCUT2D eigenvalue weighted by Crippen LogP contribution is 2.55. The summed E-state index contributed by atoms with van der Waals surface area (Å²) in [7, 11) is 1.67. The number of hydrogen-bond donors (Lipinski definition) is 1. The van der Waals surface area contributed by atoms with E-state index in [9.17, 15) is 4.79 Å². The first-order valence-electron chi connectivity index (χ1n) is 9.18. The second-order valence-corrected chi connectivity index (χ2v) is 9.54. The molecule has 4 fully saturated rings. The molecule has 0 unspecified atom stereocenters. The van der Waals surface area contributed by atoms with Crippen LogP contribution in [0.4, 0.5) is 0 Å². The summed E-state index contributed by atoms with van der Waals surface area (Å²) in [6.45, 7) is 2.02. The van der Waals surface area contributed by atoms with Crippen molar-refractivity contribution in [2.24, 2.45) is 17.8 Å². The fourth-order valence-electron chi connectivity index (χ4n) is 5.54. The molecule has 24 heavy (non-hydrogen) atoms. The lowest BCUT2D eigenvalue weighted by Gasteiger charge is -2.57. The van der Waals surface area contributed by atoms with Gasteiger partial charge in [-0.15, -0.1) is 11.8 Å². The maximum absolute atomic E-state index is 12.8. The number of amides is 1. The molecule has 4 saturated carbocycles. The first-order chi connectivity index (χ1) is 11.5. The Hall–Kier alpha value is -1.16. The summed E-state index contributed by atoms with van der Waals surface area (Å²) in [6, 6.07) is 7.95. The molecule has 4 heteroatoms. The molecule has 1 N–H and O–H groups in total. The standard InChI is InChI=1S/C20H27NO2S/c1-13(24-18-5-3-17(23-2)4-6-18)19(22)21-20-10-14-7-15(11-20)9-16(8-14)12-20/h3-6,13-16H,7-12H2,1-2H3,(H,21,22)/t13-,14?,15?,16?,20?/m1/s1. The highest BCUT2D eigenvalue weighted by Gasteiger charge is 2.51. The summed E-state index contributed by atoms with van der Waals surface area (Å²) in [4.78, 5) is 13.9. The molecule has 5 rings (SSSR count). The molecule has 1 atom stereocenters. The van der Waals surface area contributed by atoms with E-state index < -0.39 is 0 Å². The molecule has 4 aliphatic carbocycles. The molecule has 1 aromatic rings. The van der Waals surface area contributed by atoms with Gasteiger partial charge in [0.2, 0.25) is 5.91 Å². The van der Waals surface area contributed by atoms with E-state index in [1.165, 1.54) is 38.5 Å². The highest BCUT2D eigenvalue weighted by molar-refractivity contribution is 8.00. The summed E-state index contributed by atoms with van der Waals surface area (Å²) in [5.74, 6) is 3.64. The number of rotatable bonds is 5. The molecule has 0 saturated heterocycles. The Balaban J connectivity index is 1.38. The average Bonchev–Trinajstić information content (AvgIpc) is 2.53. The zero-order chi connectivity index (χ0) is 16.7. The van der Waals surface area contributed by atoms with Gasteiger partial charge in [0, 0.05) is 10.4 Å². The molecule has 1 aromatic carbocycles. The number of thioether (sulfide) groups is 1. The molecule has 0 aromatic heterocycles. The van der Waals surface area contributed by atoms with Gasteiger partial charge in [-0.1, -0.05) is 0 Å². The fraction of sp³-hybridized carbons (Fsp3) is 0.650. The van der Waals surface area contributed by atoms with Gasteiger partial charge in [0.05, 0.1) is 12.4 Å². The lowest BCUT2D eigenvalue weighted by Crippen LogP contribution is -2.60. The number of carbonyl (C=O) groups excluding carboxylic acids is 1. The van der Waals surface area contributed by atoms with Crippen LogP contribution in [0.3, 0.4) is 0 Å². The molecule has 4 aliphatic rings. The van der Waals surface area contributed by atoms with Gasteiger partial charge in [0.15, 0.2) is 0 Å². The first-order valence-corrected chi connectivity index (χ1v) is 10.1. The summed E-state index contributed by atoms with van der Waals surface area (Å²) in [5, 5.41) is 3.42. The third-order valence-electron chi connectivity index (χ3n) is 6.17. The number of benzene rings is 1. The van der Waals surface area contributed by atoms with E-state index in [1.54, 1.807) is 18.9 Å². The predicted octanol–water partition coefficient (Wildman–Crippen LogP) is 4.26. The summed E-state index contributed by atoms with van der Waals surface area (Å²) < 4.78 is 5.19. The topological polar surface area (TPSA) is 38.3 Å². The van der Waals surface area contributed by atoms with Crippen LogP contribution in [0.15, 0.2) is 29.2 Å². The quantitative estimate of drug-likeness (QED) is 0.810. The predicted molar refractivity (Wildman–Crippen MR) is 97.4 cm³/mol. The third kappa shape index (κ3) is 3.17. The van der Waals surface area contributed by atoms with Gasteiger partial charge in [-0.25, -0.2) is 0 Å². The Morgan fingerprint density at radius 2 is 1.67 bits per heavy atom. The summed E-state index contributed by atoms with van der Waals surface area (Å²) in [6.07, 6.45) is 7.86. The van der Waals surface area contributed by atoms with Gasteiger partial charge in [-0.2, -0.15) is 0 Å². The minimum Gasteiger partial charge on any atom is -0.497 e. The zero-order valence-corrected chi connectivity index (χ0v) is 15.4. The van der Waals surface area contributed by atoms with Crippen molar-refractivity contribution >= 4 is 17.7 Å². The van der Waals surface area contributed by atoms with Gasteiger partial charge in [0.25, 0.3) is 0 Å². The van der Waals surface area contributed by atoms with Crippen LogP contribution in [0.1, 0.15) is 45.4 Å². The van der Waals surface area contributed by atoms with Gasteiger partial charge in [0.1, 0.15) is 5.75 Å². The van der Waals surface area contributed by atoms with Crippen molar-refractivity contribution in [2.45, 2.75) is 61.1 Å². The molecule has 0 radical (unpaired) electrons. The van der Waals surface area contributed by atoms with Crippen LogP contribution in [-0.2, 0) is 4.79 Å². The maximum atomic E-state index is 12.8. The number of nitrogens with one attached hydrogen (secondary N) is 1. The molecule has 0 spiro atoms. The molecular weight excluding hydrogens is 318 g/mol. The highest BCUT2D eigenvalue weighted by atomic mass is 32.2. The van der Waals surface area contributed by atoms with Crippen molar-refractivity contribution in [3.63, 3.8) is 0 Å². The van der Waals surface area contributed by atoms with Crippen molar-refractivity contribution < 1.29 is 9.53 Å². The van der Waals surface area contributed by atoms with Crippen LogP contribution in [0.5, 0.6) is 5.75 Å². The Labute approximate surface area is 148 Å². The van der Waals surface area contributed by atoms with E-state index in [1.807, 2.05) is 31.2 Å². The Morgan fingerprint density at radius 1 is 1.12 bits per heavy atom. The van der Waals surface area contributed by atoms with Crippen molar-refractivity contribution in [2.75, 3.05) is 7.11 Å². The average molecular weight is 346 g/mol. The number of methoxy groups -OCH3 is 1. The SMILES string of the molecule is COc1ccc(S[C@H](C)C(=O)NC23CC4CC(CC(C4)C2)C3)cc1. The van der Waals surface area contributed by atoms with E-state index >= 15 is 0 Å². The van der Waals surface area contributed by atoms with Gasteiger partial charge in [-0.05, 0) is 87.5 Å². The van der Waals surface area contributed by atoms with Crippen LogP contribution in [0.25, 0.3) is 0 Å². The van der Waals surface area contributed by atoms with Crippen LogP contribution in [0.2, 0.25) is 0 Å². The normalized spacial score (nSPS) is 34.8. The lowest BCUT2D eigenvalue weighted by atomic mass is 9.53. The minimum absolute atomic E-state index is 0.0635. The second kappa shape index (κ2) is 6.29. The Kier molecular flexibility index (Phi) is 4.27. The van der Waals surface area contributed by atoms with Crippen molar-refractivity contribution in [1.29, 1.82) is 0 Å². The van der Waals surface area contributed by atoms with E-state index in [0.29, 0.717) is 0 Å². The van der Waals surface area contributed by atoms with E-state index in [4.69, 9.17) is 4.74 Å². The van der Waals surface area contributed by atoms with E-state index in [0.717, 1.165) is 28.4 Å². The summed E-state index contributed by atoms with van der Waals surface area (Å²) >= 11 is 1.63. The molecule has 3 nitrogen and oxygen atoms in total. The molecule has 0 heterocycles. The molecular formula is C20H27NO2S. The van der Waals surface area contributed by atoms with Gasteiger partial charge in [-0.3, -0.25) is 4.79 Å². The van der Waals surface area contributed by atoms with Gasteiger partial charge < -0.3 is 10.1 Å². The van der Waals surface area contributed by atoms with Crippen molar-refractivity contribution in [3.8, 4) is 5.75 Å². The Bertz CT molecular complexity index is 577. The van der Waals surface area contributed by atoms with Crippen LogP contribution < -0.4 is 10.1 Å². The smallest absolute Gasteiger partial charge is 0.233 e. The van der Waals surface area contributed by atoms with E-state index in [2.05, 4.69) is 5.32 Å². The molecule has 1 amide bonds. The third-order valence-corrected chi connectivity index (χ3v) is 7.28.